The van der Waals surface area contributed by atoms with Gasteiger partial charge in [0.25, 0.3) is 0 Å². The van der Waals surface area contributed by atoms with Gasteiger partial charge in [0, 0.05) is 24.2 Å². The van der Waals surface area contributed by atoms with Gasteiger partial charge in [-0.3, -0.25) is 14.4 Å². The summed E-state index contributed by atoms with van der Waals surface area (Å²) < 4.78 is 0. The molecule has 4 aliphatic carbocycles. The minimum atomic E-state index is -0.175. The number of allylic oxidation sites excluding steroid dienone is 2. The van der Waals surface area contributed by atoms with Crippen molar-refractivity contribution < 1.29 is 14.4 Å². The molecule has 0 aliphatic heterocycles. The maximum atomic E-state index is 12.4. The van der Waals surface area contributed by atoms with Crippen LogP contribution in [-0.2, 0) is 14.4 Å². The van der Waals surface area contributed by atoms with Crippen molar-refractivity contribution in [2.45, 2.75) is 58.8 Å². The number of ketones is 3. The predicted octanol–water partition coefficient (Wildman–Crippen LogP) is 3.27. The second kappa shape index (κ2) is 4.39. The lowest BCUT2D eigenvalue weighted by Crippen LogP contribution is -2.51. The predicted molar refractivity (Wildman–Crippen MR) is 82.1 cm³/mol. The monoisotopic (exact) mass is 300 g/mol. The molecule has 0 radical (unpaired) electrons. The van der Waals surface area contributed by atoms with Gasteiger partial charge in [-0.25, -0.2) is 0 Å². The maximum absolute atomic E-state index is 12.4. The molecule has 3 saturated carbocycles. The van der Waals surface area contributed by atoms with E-state index in [9.17, 15) is 14.4 Å². The summed E-state index contributed by atoms with van der Waals surface area (Å²) in [4.78, 5) is 36.5. The van der Waals surface area contributed by atoms with Crippen LogP contribution in [-0.4, -0.2) is 17.3 Å². The van der Waals surface area contributed by atoms with Gasteiger partial charge in [0.15, 0.2) is 5.78 Å². The van der Waals surface area contributed by atoms with Crippen molar-refractivity contribution in [2.75, 3.05) is 0 Å². The van der Waals surface area contributed by atoms with Crippen molar-refractivity contribution >= 4 is 17.3 Å². The van der Waals surface area contributed by atoms with Gasteiger partial charge in [-0.15, -0.1) is 0 Å². The number of carbonyl (C=O) groups is 3. The molecule has 3 heteroatoms. The number of hydrogen-bond acceptors (Lipinski definition) is 3. The van der Waals surface area contributed by atoms with Crippen LogP contribution in [0.2, 0.25) is 0 Å². The molecular weight excluding hydrogens is 276 g/mol. The van der Waals surface area contributed by atoms with Gasteiger partial charge in [-0.2, -0.15) is 0 Å². The van der Waals surface area contributed by atoms with E-state index in [2.05, 4.69) is 19.9 Å². The fourth-order valence-electron chi connectivity index (χ4n) is 6.01. The van der Waals surface area contributed by atoms with Gasteiger partial charge < -0.3 is 0 Å². The topological polar surface area (TPSA) is 51.2 Å². The molecule has 3 nitrogen and oxygen atoms in total. The first-order valence-corrected chi connectivity index (χ1v) is 8.69. The second-order valence-electron chi connectivity index (χ2n) is 8.29. The van der Waals surface area contributed by atoms with E-state index in [4.69, 9.17) is 0 Å². The van der Waals surface area contributed by atoms with Gasteiger partial charge >= 0.3 is 0 Å². The van der Waals surface area contributed by atoms with Crippen LogP contribution in [0.1, 0.15) is 58.8 Å². The van der Waals surface area contributed by atoms with E-state index < -0.39 is 0 Å². The summed E-state index contributed by atoms with van der Waals surface area (Å²) >= 11 is 0. The van der Waals surface area contributed by atoms with Crippen LogP contribution in [0.4, 0.5) is 0 Å². The first-order valence-electron chi connectivity index (χ1n) is 8.69. The van der Waals surface area contributed by atoms with Crippen LogP contribution in [0.25, 0.3) is 0 Å². The Hall–Kier alpha value is -1.25. The summed E-state index contributed by atoms with van der Waals surface area (Å²) in [6.45, 7) is 4.34. The number of rotatable bonds is 0. The van der Waals surface area contributed by atoms with Gasteiger partial charge in [0.05, 0.1) is 0 Å². The maximum Gasteiger partial charge on any atom is 0.202 e. The van der Waals surface area contributed by atoms with E-state index in [-0.39, 0.29) is 28.3 Å². The standard InChI is InChI=1S/C19H24O3/c1-18-10-8-15(20)17(22)14(18)4-3-11-12-5-6-16(21)19(12,2)9-7-13(11)18/h7,11-12,14H,3-6,8-10H2,1-2H3/t11?,12?,14?,18-,19+/m1/s1. The molecule has 0 aromatic rings. The average Bonchev–Trinajstić information content (AvgIpc) is 2.79. The van der Waals surface area contributed by atoms with E-state index in [1.807, 2.05) is 0 Å². The van der Waals surface area contributed by atoms with Crippen molar-refractivity contribution in [1.82, 2.24) is 0 Å². The fourth-order valence-corrected chi connectivity index (χ4v) is 6.01. The Kier molecular flexibility index (Phi) is 2.87. The van der Waals surface area contributed by atoms with Gasteiger partial charge in [-0.1, -0.05) is 25.5 Å². The van der Waals surface area contributed by atoms with Gasteiger partial charge in [0.1, 0.15) is 5.78 Å². The van der Waals surface area contributed by atoms with E-state index >= 15 is 0 Å². The lowest BCUT2D eigenvalue weighted by molar-refractivity contribution is -0.146. The van der Waals surface area contributed by atoms with Crippen molar-refractivity contribution in [3.8, 4) is 0 Å². The molecule has 3 unspecified atom stereocenters. The lowest BCUT2D eigenvalue weighted by atomic mass is 9.49. The van der Waals surface area contributed by atoms with Crippen LogP contribution in [0.3, 0.4) is 0 Å². The van der Waals surface area contributed by atoms with Crippen LogP contribution in [0, 0.1) is 28.6 Å². The van der Waals surface area contributed by atoms with Crippen molar-refractivity contribution in [3.05, 3.63) is 11.6 Å². The van der Waals surface area contributed by atoms with E-state index in [1.165, 1.54) is 5.57 Å². The minimum Gasteiger partial charge on any atom is -0.299 e. The zero-order valence-corrected chi connectivity index (χ0v) is 13.5. The number of carbonyl (C=O) groups excluding carboxylic acids is 3. The van der Waals surface area contributed by atoms with Crippen LogP contribution >= 0.6 is 0 Å². The molecular formula is C19H24O3. The Balaban J connectivity index is 1.75. The summed E-state index contributed by atoms with van der Waals surface area (Å²) in [5, 5.41) is 0. The quantitative estimate of drug-likeness (QED) is 0.509. The molecule has 4 aliphatic rings. The first kappa shape index (κ1) is 14.3. The largest absolute Gasteiger partial charge is 0.299 e. The minimum absolute atomic E-state index is 0.113. The molecule has 0 aromatic heterocycles. The Morgan fingerprint density at radius 2 is 1.77 bits per heavy atom. The molecule has 0 N–H and O–H groups in total. The van der Waals surface area contributed by atoms with Crippen LogP contribution in [0.5, 0.6) is 0 Å². The molecule has 0 aromatic carbocycles. The van der Waals surface area contributed by atoms with E-state index in [1.54, 1.807) is 0 Å². The summed E-state index contributed by atoms with van der Waals surface area (Å²) in [5.41, 5.74) is 1.09. The lowest BCUT2D eigenvalue weighted by Gasteiger charge is -2.54. The molecule has 0 saturated heterocycles. The average molecular weight is 300 g/mol. The molecule has 3 fully saturated rings. The molecule has 0 spiro atoms. The Morgan fingerprint density at radius 1 is 1.00 bits per heavy atom. The molecule has 0 heterocycles. The van der Waals surface area contributed by atoms with Crippen LogP contribution in [0.15, 0.2) is 11.6 Å². The van der Waals surface area contributed by atoms with Gasteiger partial charge in [-0.05, 0) is 49.4 Å². The zero-order valence-electron chi connectivity index (χ0n) is 13.5. The number of fused-ring (bicyclic) bond motifs is 5. The third-order valence-corrected chi connectivity index (χ3v) is 7.43. The Bertz CT molecular complexity index is 616. The first-order chi connectivity index (χ1) is 10.4. The number of hydrogen-bond donors (Lipinski definition) is 0. The summed E-state index contributed by atoms with van der Waals surface area (Å²) in [6, 6.07) is 0. The summed E-state index contributed by atoms with van der Waals surface area (Å²) in [5.74, 6) is 0.910. The Labute approximate surface area is 131 Å². The second-order valence-corrected chi connectivity index (χ2v) is 8.29. The molecule has 5 atom stereocenters. The van der Waals surface area contributed by atoms with Crippen molar-refractivity contribution in [3.63, 3.8) is 0 Å². The van der Waals surface area contributed by atoms with E-state index in [0.717, 1.165) is 38.5 Å². The third-order valence-electron chi connectivity index (χ3n) is 7.43. The normalized spacial score (nSPS) is 47.6. The third kappa shape index (κ3) is 1.60. The Morgan fingerprint density at radius 3 is 2.55 bits per heavy atom. The summed E-state index contributed by atoms with van der Waals surface area (Å²) in [7, 11) is 0. The van der Waals surface area contributed by atoms with E-state index in [0.29, 0.717) is 24.0 Å². The molecule has 0 amide bonds. The van der Waals surface area contributed by atoms with Crippen molar-refractivity contribution in [2.24, 2.45) is 28.6 Å². The van der Waals surface area contributed by atoms with Gasteiger partial charge in [0.2, 0.25) is 5.78 Å². The number of Topliss-reactive ketones (excluding diaryl/α,β-unsaturated/α-hetero) is 3. The highest BCUT2D eigenvalue weighted by atomic mass is 16.2. The van der Waals surface area contributed by atoms with Crippen LogP contribution < -0.4 is 0 Å². The highest BCUT2D eigenvalue weighted by molar-refractivity contribution is 6.38. The fraction of sp³-hybridized carbons (Fsp3) is 0.737. The highest BCUT2D eigenvalue weighted by Gasteiger charge is 2.58. The molecule has 0 bridgehead atoms. The summed E-state index contributed by atoms with van der Waals surface area (Å²) in [6.07, 6.45) is 7.83. The SMILES string of the molecule is C[C@]12CCC(=O)C(=O)C1CCC1C2=CC[C@]2(C)C(=O)CCC12. The smallest absolute Gasteiger partial charge is 0.202 e. The molecule has 4 rings (SSSR count). The highest BCUT2D eigenvalue weighted by Crippen LogP contribution is 2.62. The molecule has 118 valence electrons. The zero-order chi connectivity index (χ0) is 15.7. The molecule has 22 heavy (non-hydrogen) atoms. The van der Waals surface area contributed by atoms with Crippen molar-refractivity contribution in [1.29, 1.82) is 0 Å².